The minimum absolute atomic E-state index is 0.258. The summed E-state index contributed by atoms with van der Waals surface area (Å²) < 4.78 is 11.0. The van der Waals surface area contributed by atoms with Crippen LogP contribution in [0.4, 0.5) is 0 Å². The van der Waals surface area contributed by atoms with Gasteiger partial charge < -0.3 is 9.47 Å². The molecule has 0 aromatic heterocycles. The van der Waals surface area contributed by atoms with Gasteiger partial charge in [-0.3, -0.25) is 0 Å². The molecular formula is C17H16O3. The molecule has 0 aliphatic heterocycles. The van der Waals surface area contributed by atoms with E-state index < -0.39 is 12.1 Å². The van der Waals surface area contributed by atoms with Crippen molar-refractivity contribution in [3.63, 3.8) is 0 Å². The molecule has 0 saturated carbocycles. The van der Waals surface area contributed by atoms with Crippen molar-refractivity contribution in [1.82, 2.24) is 0 Å². The van der Waals surface area contributed by atoms with Crippen LogP contribution in [-0.2, 0) is 9.53 Å². The number of benzene rings is 2. The number of para-hydroxylation sites is 1. The monoisotopic (exact) mass is 268 g/mol. The highest BCUT2D eigenvalue weighted by atomic mass is 16.6. The summed E-state index contributed by atoms with van der Waals surface area (Å²) in [5.74, 6) is 0.276. The highest BCUT2D eigenvalue weighted by Gasteiger charge is 2.16. The summed E-state index contributed by atoms with van der Waals surface area (Å²) in [6.07, 6.45) is 0.695. The summed E-state index contributed by atoms with van der Waals surface area (Å²) in [7, 11) is 0. The lowest BCUT2D eigenvalue weighted by molar-refractivity contribution is -0.144. The molecule has 3 heteroatoms. The molecule has 2 aromatic rings. The van der Waals surface area contributed by atoms with E-state index in [2.05, 4.69) is 6.58 Å². The smallest absolute Gasteiger partial charge is 0.330 e. The lowest BCUT2D eigenvalue weighted by Gasteiger charge is -2.18. The zero-order valence-corrected chi connectivity index (χ0v) is 11.1. The van der Waals surface area contributed by atoms with Gasteiger partial charge in [0.15, 0.2) is 6.10 Å². The Kier molecular flexibility index (Phi) is 4.95. The fourth-order valence-electron chi connectivity index (χ4n) is 1.74. The van der Waals surface area contributed by atoms with E-state index in [4.69, 9.17) is 9.47 Å². The molecule has 0 heterocycles. The van der Waals surface area contributed by atoms with Gasteiger partial charge in [-0.25, -0.2) is 4.79 Å². The molecule has 20 heavy (non-hydrogen) atoms. The van der Waals surface area contributed by atoms with E-state index in [1.807, 2.05) is 60.7 Å². The average Bonchev–Trinajstić information content (AvgIpc) is 2.53. The van der Waals surface area contributed by atoms with Gasteiger partial charge in [-0.2, -0.15) is 0 Å². The quantitative estimate of drug-likeness (QED) is 0.594. The lowest BCUT2D eigenvalue weighted by Crippen LogP contribution is -2.16. The zero-order chi connectivity index (χ0) is 14.2. The standard InChI is InChI=1S/C17H16O3/c1-2-17(18)20-16(14-9-5-3-6-10-14)13-19-15-11-7-4-8-12-15/h2-12,16H,1,13H2. The Morgan fingerprint density at radius 1 is 1.05 bits per heavy atom. The SMILES string of the molecule is C=CC(=O)OC(COc1ccccc1)c1ccccc1. The second kappa shape index (κ2) is 7.14. The topological polar surface area (TPSA) is 35.5 Å². The molecule has 0 spiro atoms. The largest absolute Gasteiger partial charge is 0.489 e. The van der Waals surface area contributed by atoms with Crippen molar-refractivity contribution in [2.45, 2.75) is 6.10 Å². The van der Waals surface area contributed by atoms with Crippen LogP contribution in [-0.4, -0.2) is 12.6 Å². The van der Waals surface area contributed by atoms with Crippen LogP contribution in [0.2, 0.25) is 0 Å². The summed E-state index contributed by atoms with van der Waals surface area (Å²) >= 11 is 0. The molecule has 0 aliphatic carbocycles. The Morgan fingerprint density at radius 2 is 1.65 bits per heavy atom. The first-order valence-corrected chi connectivity index (χ1v) is 6.35. The highest BCUT2D eigenvalue weighted by molar-refractivity contribution is 5.81. The highest BCUT2D eigenvalue weighted by Crippen LogP contribution is 2.20. The van der Waals surface area contributed by atoms with Gasteiger partial charge in [0, 0.05) is 6.08 Å². The Morgan fingerprint density at radius 3 is 2.25 bits per heavy atom. The van der Waals surface area contributed by atoms with Gasteiger partial charge in [-0.1, -0.05) is 55.1 Å². The molecule has 2 aromatic carbocycles. The van der Waals surface area contributed by atoms with Gasteiger partial charge in [0.1, 0.15) is 12.4 Å². The van der Waals surface area contributed by atoms with Crippen LogP contribution in [0.1, 0.15) is 11.7 Å². The molecule has 0 radical (unpaired) electrons. The Labute approximate surface area is 118 Å². The molecular weight excluding hydrogens is 252 g/mol. The van der Waals surface area contributed by atoms with Crippen LogP contribution in [0.25, 0.3) is 0 Å². The Balaban J connectivity index is 2.07. The third kappa shape index (κ3) is 3.99. The fourth-order valence-corrected chi connectivity index (χ4v) is 1.74. The molecule has 3 nitrogen and oxygen atoms in total. The van der Waals surface area contributed by atoms with E-state index >= 15 is 0 Å². The number of carbonyl (C=O) groups is 1. The van der Waals surface area contributed by atoms with E-state index in [0.29, 0.717) is 0 Å². The predicted octanol–water partition coefficient (Wildman–Crippen LogP) is 3.54. The van der Waals surface area contributed by atoms with Crippen molar-refractivity contribution in [3.8, 4) is 5.75 Å². The first kappa shape index (κ1) is 13.9. The number of rotatable bonds is 6. The molecule has 1 unspecified atom stereocenters. The molecule has 0 bridgehead atoms. The molecule has 1 atom stereocenters. The summed E-state index contributed by atoms with van der Waals surface area (Å²) in [5, 5.41) is 0. The predicted molar refractivity (Wildman–Crippen MR) is 77.4 cm³/mol. The van der Waals surface area contributed by atoms with Crippen LogP contribution in [0.15, 0.2) is 73.3 Å². The van der Waals surface area contributed by atoms with Crippen LogP contribution in [0.5, 0.6) is 5.75 Å². The van der Waals surface area contributed by atoms with Crippen molar-refractivity contribution in [2.75, 3.05) is 6.61 Å². The third-order valence-corrected chi connectivity index (χ3v) is 2.74. The second-order valence-electron chi connectivity index (χ2n) is 4.16. The van der Waals surface area contributed by atoms with Crippen molar-refractivity contribution < 1.29 is 14.3 Å². The summed E-state index contributed by atoms with van der Waals surface area (Å²) in [6.45, 7) is 3.67. The molecule has 0 N–H and O–H groups in total. The van der Waals surface area contributed by atoms with Gasteiger partial charge in [-0.15, -0.1) is 0 Å². The maximum atomic E-state index is 11.4. The van der Waals surface area contributed by atoms with Crippen molar-refractivity contribution in [3.05, 3.63) is 78.9 Å². The maximum absolute atomic E-state index is 11.4. The van der Waals surface area contributed by atoms with Crippen molar-refractivity contribution in [1.29, 1.82) is 0 Å². The third-order valence-electron chi connectivity index (χ3n) is 2.74. The van der Waals surface area contributed by atoms with Crippen molar-refractivity contribution in [2.24, 2.45) is 0 Å². The maximum Gasteiger partial charge on any atom is 0.330 e. The first-order valence-electron chi connectivity index (χ1n) is 6.35. The summed E-state index contributed by atoms with van der Waals surface area (Å²) in [5.41, 5.74) is 0.888. The minimum atomic E-state index is -0.462. The van der Waals surface area contributed by atoms with Gasteiger partial charge in [0.25, 0.3) is 0 Å². The minimum Gasteiger partial charge on any atom is -0.489 e. The van der Waals surface area contributed by atoms with Gasteiger partial charge in [-0.05, 0) is 17.7 Å². The van der Waals surface area contributed by atoms with Crippen LogP contribution in [0, 0.1) is 0 Å². The van der Waals surface area contributed by atoms with Gasteiger partial charge >= 0.3 is 5.97 Å². The molecule has 2 rings (SSSR count). The Hall–Kier alpha value is -2.55. The fraction of sp³-hybridized carbons (Fsp3) is 0.118. The van der Waals surface area contributed by atoms with Gasteiger partial charge in [0.2, 0.25) is 0 Å². The average molecular weight is 268 g/mol. The van der Waals surface area contributed by atoms with E-state index in [0.717, 1.165) is 17.4 Å². The van der Waals surface area contributed by atoms with E-state index in [-0.39, 0.29) is 6.61 Å². The molecule has 0 aliphatic rings. The molecule has 0 amide bonds. The van der Waals surface area contributed by atoms with Crippen LogP contribution in [0.3, 0.4) is 0 Å². The zero-order valence-electron chi connectivity index (χ0n) is 11.1. The van der Waals surface area contributed by atoms with E-state index in [9.17, 15) is 4.79 Å². The summed E-state index contributed by atoms with van der Waals surface area (Å²) in [4.78, 5) is 11.4. The van der Waals surface area contributed by atoms with Crippen LogP contribution >= 0.6 is 0 Å². The van der Waals surface area contributed by atoms with E-state index in [1.165, 1.54) is 0 Å². The lowest BCUT2D eigenvalue weighted by atomic mass is 10.1. The second-order valence-corrected chi connectivity index (χ2v) is 4.16. The number of hydrogen-bond donors (Lipinski definition) is 0. The van der Waals surface area contributed by atoms with Crippen molar-refractivity contribution >= 4 is 5.97 Å². The number of hydrogen-bond acceptors (Lipinski definition) is 3. The number of carbonyl (C=O) groups excluding carboxylic acids is 1. The molecule has 0 saturated heterocycles. The molecule has 0 fully saturated rings. The summed E-state index contributed by atoms with van der Waals surface area (Å²) in [6, 6.07) is 18.9. The normalized spacial score (nSPS) is 11.4. The van der Waals surface area contributed by atoms with Gasteiger partial charge in [0.05, 0.1) is 0 Å². The molecule has 102 valence electrons. The Bertz CT molecular complexity index is 549. The first-order chi connectivity index (χ1) is 9.79. The number of ether oxygens (including phenoxy) is 2. The number of esters is 1. The van der Waals surface area contributed by atoms with E-state index in [1.54, 1.807) is 0 Å². The van der Waals surface area contributed by atoms with Crippen LogP contribution < -0.4 is 4.74 Å².